The average molecular weight is 664 g/mol. The zero-order valence-electron chi connectivity index (χ0n) is 25.2. The van der Waals surface area contributed by atoms with E-state index < -0.39 is 11.9 Å². The molecule has 10 heteroatoms. The minimum Gasteiger partial charge on any atom is -0.353 e. The Hall–Kier alpha value is -3.72. The molecule has 2 aliphatic rings. The Morgan fingerprint density at radius 1 is 0.783 bits per heavy atom. The lowest BCUT2D eigenvalue weighted by atomic mass is 9.97. The average Bonchev–Trinajstić information content (AvgIpc) is 3.66. The van der Waals surface area contributed by atoms with Gasteiger partial charge in [-0.2, -0.15) is 8.78 Å². The lowest BCUT2D eigenvalue weighted by Gasteiger charge is -2.15. The van der Waals surface area contributed by atoms with Gasteiger partial charge in [-0.05, 0) is 56.7 Å². The van der Waals surface area contributed by atoms with Gasteiger partial charge in [0, 0.05) is 65.2 Å². The van der Waals surface area contributed by atoms with Gasteiger partial charge in [-0.1, -0.05) is 71.7 Å². The van der Waals surface area contributed by atoms with Gasteiger partial charge in [-0.25, -0.2) is 9.97 Å². The van der Waals surface area contributed by atoms with E-state index in [-0.39, 0.29) is 17.7 Å². The molecule has 1 amide bonds. The maximum absolute atomic E-state index is 15.1. The summed E-state index contributed by atoms with van der Waals surface area (Å²) < 4.78 is 30.1. The molecule has 1 saturated heterocycles. The molecule has 6 rings (SSSR count). The van der Waals surface area contributed by atoms with Gasteiger partial charge < -0.3 is 10.6 Å². The predicted molar refractivity (Wildman–Crippen MR) is 176 cm³/mol. The first kappa shape index (κ1) is 32.2. The number of pyridine rings is 2. The molecular weight excluding hydrogens is 629 g/mol. The van der Waals surface area contributed by atoms with Crippen molar-refractivity contribution in [3.63, 3.8) is 0 Å². The van der Waals surface area contributed by atoms with Gasteiger partial charge >= 0.3 is 0 Å². The number of aryl methyl sites for hydroxylation is 1. The molecule has 2 atom stereocenters. The number of Topliss-reactive ketones (excluding diaryl/α,β-unsaturated/α-hetero) is 1. The van der Waals surface area contributed by atoms with Crippen LogP contribution in [0.1, 0.15) is 56.1 Å². The Morgan fingerprint density at radius 3 is 1.93 bits per heavy atom. The number of amides is 1. The third-order valence-electron chi connectivity index (χ3n) is 8.87. The van der Waals surface area contributed by atoms with E-state index in [2.05, 4.69) is 20.6 Å². The zero-order valence-corrected chi connectivity index (χ0v) is 26.7. The quantitative estimate of drug-likeness (QED) is 0.159. The molecule has 0 bridgehead atoms. The fraction of sp³-hybridized carbons (Fsp3) is 0.333. The highest BCUT2D eigenvalue weighted by Gasteiger charge is 2.23. The highest BCUT2D eigenvalue weighted by Crippen LogP contribution is 2.42. The van der Waals surface area contributed by atoms with Gasteiger partial charge in [-0.3, -0.25) is 9.59 Å². The Morgan fingerprint density at radius 2 is 1.39 bits per heavy atom. The van der Waals surface area contributed by atoms with Gasteiger partial charge in [0.05, 0.1) is 21.4 Å². The van der Waals surface area contributed by atoms with Gasteiger partial charge in [-0.15, -0.1) is 0 Å². The van der Waals surface area contributed by atoms with Crippen molar-refractivity contribution < 1.29 is 18.4 Å². The first-order chi connectivity index (χ1) is 22.3. The van der Waals surface area contributed by atoms with E-state index in [1.165, 1.54) is 0 Å². The first-order valence-electron chi connectivity index (χ1n) is 15.7. The van der Waals surface area contributed by atoms with Gasteiger partial charge in [0.25, 0.3) is 0 Å². The van der Waals surface area contributed by atoms with Crippen molar-refractivity contribution in [3.05, 3.63) is 93.7 Å². The van der Waals surface area contributed by atoms with Crippen molar-refractivity contribution in [2.75, 3.05) is 6.54 Å². The largest absolute Gasteiger partial charge is 0.353 e. The molecule has 2 aromatic carbocycles. The van der Waals surface area contributed by atoms with Crippen LogP contribution in [0.5, 0.6) is 0 Å². The molecule has 3 heterocycles. The third kappa shape index (κ3) is 7.30. The van der Waals surface area contributed by atoms with Crippen LogP contribution in [0.2, 0.25) is 10.0 Å². The van der Waals surface area contributed by atoms with Crippen molar-refractivity contribution >= 4 is 34.9 Å². The number of aromatic nitrogens is 2. The maximum Gasteiger partial charge on any atom is 0.220 e. The fourth-order valence-corrected chi connectivity index (χ4v) is 6.98. The number of carbonyl (C=O) groups excluding carboxylic acids is 2. The fourth-order valence-electron chi connectivity index (χ4n) is 6.33. The summed E-state index contributed by atoms with van der Waals surface area (Å²) in [4.78, 5) is 31.4. The third-order valence-corrected chi connectivity index (χ3v) is 9.69. The second-order valence-electron chi connectivity index (χ2n) is 12.1. The molecule has 2 aromatic heterocycles. The van der Waals surface area contributed by atoms with Gasteiger partial charge in [0.15, 0.2) is 0 Å². The van der Waals surface area contributed by atoms with Crippen LogP contribution in [-0.2, 0) is 22.6 Å². The number of hydrogen-bond donors (Lipinski definition) is 2. The highest BCUT2D eigenvalue weighted by atomic mass is 35.5. The normalized spacial score (nSPS) is 17.9. The van der Waals surface area contributed by atoms with Crippen LogP contribution in [0.15, 0.2) is 60.7 Å². The lowest BCUT2D eigenvalue weighted by Crippen LogP contribution is -2.25. The Bertz CT molecular complexity index is 1650. The summed E-state index contributed by atoms with van der Waals surface area (Å²) in [6, 6.07) is 17.9. The van der Waals surface area contributed by atoms with E-state index in [4.69, 9.17) is 23.2 Å². The summed E-state index contributed by atoms with van der Waals surface area (Å²) >= 11 is 13.8. The molecular formula is C36H34Cl2F2N4O2. The molecule has 1 aliphatic heterocycles. The molecule has 1 saturated carbocycles. The molecule has 2 fully saturated rings. The topological polar surface area (TPSA) is 84.0 Å². The second-order valence-corrected chi connectivity index (χ2v) is 12.9. The molecule has 0 unspecified atom stereocenters. The monoisotopic (exact) mass is 662 g/mol. The summed E-state index contributed by atoms with van der Waals surface area (Å²) in [5.74, 6) is -0.470. The van der Waals surface area contributed by atoms with Crippen LogP contribution in [0.25, 0.3) is 33.6 Å². The van der Waals surface area contributed by atoms with Crippen molar-refractivity contribution in [1.82, 2.24) is 20.6 Å². The summed E-state index contributed by atoms with van der Waals surface area (Å²) in [5.41, 5.74) is 4.10. The van der Waals surface area contributed by atoms with Crippen molar-refractivity contribution in [2.45, 2.75) is 64.0 Å². The number of hydrogen-bond acceptors (Lipinski definition) is 5. The summed E-state index contributed by atoms with van der Waals surface area (Å²) in [6.07, 6.45) is 5.52. The number of halogens is 4. The Balaban J connectivity index is 1.17. The Labute approximate surface area is 276 Å². The van der Waals surface area contributed by atoms with Crippen molar-refractivity contribution in [1.29, 1.82) is 0 Å². The molecule has 1 aliphatic carbocycles. The predicted octanol–water partition coefficient (Wildman–Crippen LogP) is 8.12. The van der Waals surface area contributed by atoms with Crippen molar-refractivity contribution in [2.24, 2.45) is 5.92 Å². The minimum atomic E-state index is -0.587. The summed E-state index contributed by atoms with van der Waals surface area (Å²) in [7, 11) is 0. The molecule has 6 nitrogen and oxygen atoms in total. The summed E-state index contributed by atoms with van der Waals surface area (Å²) in [5, 5.41) is 6.91. The first-order valence-corrected chi connectivity index (χ1v) is 16.4. The molecule has 0 radical (unpaired) electrons. The number of rotatable bonds is 11. The van der Waals surface area contributed by atoms with E-state index in [9.17, 15) is 9.59 Å². The Kier molecular flexibility index (Phi) is 10.1. The number of ketones is 1. The van der Waals surface area contributed by atoms with Crippen LogP contribution in [0, 0.1) is 17.8 Å². The molecule has 46 heavy (non-hydrogen) atoms. The lowest BCUT2D eigenvalue weighted by molar-refractivity contribution is -0.119. The summed E-state index contributed by atoms with van der Waals surface area (Å²) in [6.45, 7) is 0.977. The minimum absolute atomic E-state index is 0.0771. The van der Waals surface area contributed by atoms with Crippen LogP contribution in [-0.4, -0.2) is 34.2 Å². The van der Waals surface area contributed by atoms with E-state index in [1.807, 2.05) is 18.2 Å². The van der Waals surface area contributed by atoms with E-state index in [0.29, 0.717) is 99.5 Å². The second kappa shape index (κ2) is 14.4. The van der Waals surface area contributed by atoms with E-state index in [1.54, 1.807) is 42.5 Å². The zero-order chi connectivity index (χ0) is 32.2. The van der Waals surface area contributed by atoms with Crippen LogP contribution >= 0.6 is 23.2 Å². The highest BCUT2D eigenvalue weighted by molar-refractivity contribution is 6.39. The number of nitrogens with zero attached hydrogens (tertiary/aromatic N) is 2. The standard InChI is InChI=1S/C36H34Cl2F2N4O2/c37-33-26(6-2-8-28(33)30-15-11-22(35(39)43-30)4-1-5-24-13-17-32(46)42-24)27-7-3-9-29(34(27)38)31-16-12-23(36(40)44-31)20-41-19-21-10-14-25(45)18-21/h2-3,6-9,11-12,15-16,21,24,41H,1,4-5,10,13-14,17-20H2,(H,42,46)/t21-,24-/m1/s1. The molecule has 2 N–H and O–H groups in total. The van der Waals surface area contributed by atoms with Crippen molar-refractivity contribution in [3.8, 4) is 33.6 Å². The molecule has 0 spiro atoms. The number of nitrogens with one attached hydrogen (secondary N) is 2. The number of benzene rings is 2. The molecule has 238 valence electrons. The van der Waals surface area contributed by atoms with E-state index in [0.717, 1.165) is 25.7 Å². The maximum atomic E-state index is 15.1. The van der Waals surface area contributed by atoms with E-state index >= 15 is 8.78 Å². The van der Waals surface area contributed by atoms with Crippen LogP contribution in [0.3, 0.4) is 0 Å². The SMILES string of the molecule is O=C1CC[C@@H](CNCc2ccc(-c3cccc(-c4cccc(-c5ccc(CCC[C@@H]6CCC(=O)N6)c(F)n5)c4Cl)c3Cl)nc2F)C1. The van der Waals surface area contributed by atoms with Crippen LogP contribution < -0.4 is 10.6 Å². The van der Waals surface area contributed by atoms with Gasteiger partial charge in [0.2, 0.25) is 17.8 Å². The van der Waals surface area contributed by atoms with Crippen LogP contribution in [0.4, 0.5) is 8.78 Å². The van der Waals surface area contributed by atoms with Gasteiger partial charge in [0.1, 0.15) is 5.78 Å². The number of carbonyl (C=O) groups is 2. The smallest absolute Gasteiger partial charge is 0.220 e. The molecule has 4 aromatic rings.